The molecule has 0 aromatic heterocycles. The summed E-state index contributed by atoms with van der Waals surface area (Å²) in [4.78, 5) is 0. The predicted octanol–water partition coefficient (Wildman–Crippen LogP) is 3.86. The molecule has 0 rings (SSSR count). The lowest BCUT2D eigenvalue weighted by Gasteiger charge is -2.16. The molecular weight excluding hydrogens is 108 g/mol. The fourth-order valence-electron chi connectivity index (χ4n) is 0.707. The van der Waals surface area contributed by atoms with Gasteiger partial charge in [0.15, 0.2) is 0 Å². The molecule has 0 aliphatic heterocycles. The third kappa shape index (κ3) is 11.5. The summed E-state index contributed by atoms with van der Waals surface area (Å²) < 4.78 is 0. The molecule has 0 aromatic carbocycles. The highest BCUT2D eigenvalue weighted by Gasteiger charge is 2.07. The van der Waals surface area contributed by atoms with Crippen LogP contribution in [0, 0.1) is 5.41 Å². The van der Waals surface area contributed by atoms with Gasteiger partial charge < -0.3 is 0 Å². The van der Waals surface area contributed by atoms with E-state index in [-0.39, 0.29) is 7.43 Å². The minimum Gasteiger partial charge on any atom is -0.0776 e. The lowest BCUT2D eigenvalue weighted by molar-refractivity contribution is 0.363. The molecule has 0 saturated carbocycles. The van der Waals surface area contributed by atoms with E-state index in [1.807, 2.05) is 0 Å². The number of unbranched alkanes of at least 4 members (excludes halogenated alkanes) is 1. The van der Waals surface area contributed by atoms with E-state index in [0.717, 1.165) is 0 Å². The normalized spacial score (nSPS) is 10.7. The Morgan fingerprint density at radius 3 is 1.67 bits per heavy atom. The van der Waals surface area contributed by atoms with Crippen LogP contribution in [0.15, 0.2) is 0 Å². The minimum atomic E-state index is 0. The van der Waals surface area contributed by atoms with Crippen LogP contribution in [-0.2, 0) is 0 Å². The summed E-state index contributed by atoms with van der Waals surface area (Å²) in [6, 6.07) is 0. The molecule has 0 atom stereocenters. The molecule has 58 valence electrons. The zero-order valence-corrected chi connectivity index (χ0v) is 6.62. The van der Waals surface area contributed by atoms with Gasteiger partial charge in [-0.25, -0.2) is 0 Å². The monoisotopic (exact) mass is 130 g/mol. The lowest BCUT2D eigenvalue weighted by atomic mass is 9.90. The molecule has 9 heavy (non-hydrogen) atoms. The van der Waals surface area contributed by atoms with Crippen LogP contribution in [0.2, 0.25) is 0 Å². The SMILES string of the molecule is C.CCCCC(C)(C)C. The van der Waals surface area contributed by atoms with Crippen molar-refractivity contribution in [1.29, 1.82) is 0 Å². The summed E-state index contributed by atoms with van der Waals surface area (Å²) in [5.74, 6) is 0. The van der Waals surface area contributed by atoms with Gasteiger partial charge in [0.1, 0.15) is 0 Å². The maximum atomic E-state index is 2.29. The van der Waals surface area contributed by atoms with Crippen LogP contribution >= 0.6 is 0 Å². The van der Waals surface area contributed by atoms with Crippen LogP contribution in [-0.4, -0.2) is 0 Å². The molecule has 0 aliphatic carbocycles. The van der Waals surface area contributed by atoms with E-state index in [1.54, 1.807) is 0 Å². The van der Waals surface area contributed by atoms with Gasteiger partial charge >= 0.3 is 0 Å². The van der Waals surface area contributed by atoms with Crippen LogP contribution in [0.5, 0.6) is 0 Å². The Morgan fingerprint density at radius 1 is 1.11 bits per heavy atom. The van der Waals surface area contributed by atoms with E-state index < -0.39 is 0 Å². The average Bonchev–Trinajstić information content (AvgIpc) is 1.59. The van der Waals surface area contributed by atoms with Gasteiger partial charge in [0.05, 0.1) is 0 Å². The van der Waals surface area contributed by atoms with Gasteiger partial charge in [0.2, 0.25) is 0 Å². The first-order valence-corrected chi connectivity index (χ1v) is 3.56. The van der Waals surface area contributed by atoms with E-state index >= 15 is 0 Å². The fourth-order valence-corrected chi connectivity index (χ4v) is 0.707. The Labute approximate surface area is 60.7 Å². The summed E-state index contributed by atoms with van der Waals surface area (Å²) in [5.41, 5.74) is 0.552. The first kappa shape index (κ1) is 11.8. The molecule has 0 saturated heterocycles. The van der Waals surface area contributed by atoms with Crippen molar-refractivity contribution in [3.05, 3.63) is 0 Å². The molecule has 0 unspecified atom stereocenters. The Bertz CT molecular complexity index is 47.5. The van der Waals surface area contributed by atoms with E-state index in [0.29, 0.717) is 5.41 Å². The van der Waals surface area contributed by atoms with Crippen molar-refractivity contribution >= 4 is 0 Å². The third-order valence-corrected chi connectivity index (χ3v) is 1.28. The molecule has 0 spiro atoms. The Morgan fingerprint density at radius 2 is 1.56 bits per heavy atom. The van der Waals surface area contributed by atoms with Crippen LogP contribution in [0.1, 0.15) is 54.4 Å². The Balaban J connectivity index is 0. The van der Waals surface area contributed by atoms with Crippen LogP contribution in [0.25, 0.3) is 0 Å². The van der Waals surface area contributed by atoms with Crippen molar-refractivity contribution in [2.45, 2.75) is 54.4 Å². The van der Waals surface area contributed by atoms with Gasteiger partial charge in [-0.3, -0.25) is 0 Å². The second kappa shape index (κ2) is 4.84. The second-order valence-corrected chi connectivity index (χ2v) is 3.66. The quantitative estimate of drug-likeness (QED) is 0.532. The molecule has 0 radical (unpaired) electrons. The van der Waals surface area contributed by atoms with E-state index in [9.17, 15) is 0 Å². The van der Waals surface area contributed by atoms with Crippen molar-refractivity contribution < 1.29 is 0 Å². The molecule has 0 bridgehead atoms. The molecule has 0 heterocycles. The van der Waals surface area contributed by atoms with Crippen LogP contribution in [0.3, 0.4) is 0 Å². The molecule has 0 fully saturated rings. The minimum absolute atomic E-state index is 0. The highest BCUT2D eigenvalue weighted by molar-refractivity contribution is 4.59. The highest BCUT2D eigenvalue weighted by atomic mass is 14.1. The summed E-state index contributed by atoms with van der Waals surface area (Å²) in [7, 11) is 0. The van der Waals surface area contributed by atoms with Gasteiger partial charge in [-0.05, 0) is 11.8 Å². The molecule has 0 N–H and O–H groups in total. The van der Waals surface area contributed by atoms with Gasteiger partial charge in [-0.15, -0.1) is 0 Å². The molecule has 0 heteroatoms. The maximum absolute atomic E-state index is 2.29. The summed E-state index contributed by atoms with van der Waals surface area (Å²) in [6.07, 6.45) is 4.07. The van der Waals surface area contributed by atoms with Gasteiger partial charge in [0.25, 0.3) is 0 Å². The Kier molecular flexibility index (Phi) is 6.32. The topological polar surface area (TPSA) is 0 Å². The van der Waals surface area contributed by atoms with Crippen LogP contribution in [0.4, 0.5) is 0 Å². The van der Waals surface area contributed by atoms with E-state index in [4.69, 9.17) is 0 Å². The predicted molar refractivity (Wildman–Crippen MR) is 45.7 cm³/mol. The first-order chi connectivity index (χ1) is 3.56. The zero-order chi connectivity index (χ0) is 6.62. The molecule has 0 amide bonds. The lowest BCUT2D eigenvalue weighted by Crippen LogP contribution is -2.03. The number of hydrogen-bond acceptors (Lipinski definition) is 0. The standard InChI is InChI=1S/C8H18.CH4/c1-5-6-7-8(2,3)4;/h5-7H2,1-4H3;1H4. The van der Waals surface area contributed by atoms with Crippen LogP contribution < -0.4 is 0 Å². The zero-order valence-electron chi connectivity index (χ0n) is 6.62. The van der Waals surface area contributed by atoms with Gasteiger partial charge in [-0.2, -0.15) is 0 Å². The largest absolute Gasteiger partial charge is 0.0776 e. The first-order valence-electron chi connectivity index (χ1n) is 3.56. The average molecular weight is 130 g/mol. The fraction of sp³-hybridized carbons (Fsp3) is 1.00. The number of rotatable bonds is 2. The summed E-state index contributed by atoms with van der Waals surface area (Å²) in [5, 5.41) is 0. The van der Waals surface area contributed by atoms with Crippen molar-refractivity contribution in [1.82, 2.24) is 0 Å². The van der Waals surface area contributed by atoms with Crippen molar-refractivity contribution in [2.75, 3.05) is 0 Å². The highest BCUT2D eigenvalue weighted by Crippen LogP contribution is 2.20. The van der Waals surface area contributed by atoms with Crippen molar-refractivity contribution in [3.8, 4) is 0 Å². The van der Waals surface area contributed by atoms with E-state index in [2.05, 4.69) is 27.7 Å². The molecule has 0 aromatic rings. The molecular formula is C9H22. The smallest absolute Gasteiger partial charge is 0.0383 e. The van der Waals surface area contributed by atoms with Crippen molar-refractivity contribution in [3.63, 3.8) is 0 Å². The van der Waals surface area contributed by atoms with Gasteiger partial charge in [0, 0.05) is 0 Å². The van der Waals surface area contributed by atoms with Gasteiger partial charge in [-0.1, -0.05) is 48.0 Å². The maximum Gasteiger partial charge on any atom is -0.0383 e. The Hall–Kier alpha value is 0. The van der Waals surface area contributed by atoms with E-state index in [1.165, 1.54) is 19.3 Å². The van der Waals surface area contributed by atoms with Crippen molar-refractivity contribution in [2.24, 2.45) is 5.41 Å². The molecule has 0 nitrogen and oxygen atoms in total. The summed E-state index contributed by atoms with van der Waals surface area (Å²) >= 11 is 0. The molecule has 0 aliphatic rings. The number of hydrogen-bond donors (Lipinski definition) is 0. The summed E-state index contributed by atoms with van der Waals surface area (Å²) in [6.45, 7) is 9.12. The second-order valence-electron chi connectivity index (χ2n) is 3.66. The third-order valence-electron chi connectivity index (χ3n) is 1.28.